The number of hydrogen-bond acceptors (Lipinski definition) is 5. The van der Waals surface area contributed by atoms with Gasteiger partial charge in [-0.25, -0.2) is 9.98 Å². The van der Waals surface area contributed by atoms with Gasteiger partial charge < -0.3 is 15.5 Å². The van der Waals surface area contributed by atoms with Crippen molar-refractivity contribution in [2.45, 2.75) is 20.4 Å². The van der Waals surface area contributed by atoms with Gasteiger partial charge in [-0.1, -0.05) is 0 Å². The first kappa shape index (κ1) is 15.8. The second kappa shape index (κ2) is 6.57. The van der Waals surface area contributed by atoms with Crippen molar-refractivity contribution >= 4 is 22.4 Å². The average molecular weight is 333 g/mol. The molecule has 1 aliphatic rings. The van der Waals surface area contributed by atoms with Crippen LogP contribution in [0.2, 0.25) is 0 Å². The van der Waals surface area contributed by atoms with E-state index in [1.54, 1.807) is 11.3 Å². The molecule has 0 saturated carbocycles. The molecule has 1 aliphatic heterocycles. The lowest BCUT2D eigenvalue weighted by Gasteiger charge is -2.35. The number of rotatable bonds is 3. The van der Waals surface area contributed by atoms with E-state index >= 15 is 0 Å². The molecular weight excluding hydrogens is 310 g/mol. The number of hydrogen-bond donors (Lipinski definition) is 1. The van der Waals surface area contributed by atoms with E-state index in [4.69, 9.17) is 5.73 Å². The van der Waals surface area contributed by atoms with Crippen LogP contribution < -0.4 is 10.6 Å². The topological polar surface area (TPSA) is 75.6 Å². The third kappa shape index (κ3) is 3.31. The molecule has 2 N–H and O–H groups in total. The summed E-state index contributed by atoms with van der Waals surface area (Å²) in [6, 6.07) is 0. The standard InChI is InChI=1S/C15H23N7S/c1-11-13(12(2)20(3)19-11)10-18-14(16)21-5-7-22(8-6-21)15-17-4-9-23-15/h4,9H,5-8,10H2,1-3H3,(H2,16,18). The van der Waals surface area contributed by atoms with Gasteiger partial charge in [0.1, 0.15) is 0 Å². The molecule has 1 saturated heterocycles. The molecule has 2 aromatic heterocycles. The van der Waals surface area contributed by atoms with Crippen molar-refractivity contribution in [3.05, 3.63) is 28.5 Å². The van der Waals surface area contributed by atoms with Crippen LogP contribution in [0, 0.1) is 13.8 Å². The number of aryl methyl sites for hydroxylation is 2. The van der Waals surface area contributed by atoms with Crippen molar-refractivity contribution in [2.75, 3.05) is 31.1 Å². The lowest BCUT2D eigenvalue weighted by atomic mass is 10.2. The highest BCUT2D eigenvalue weighted by Crippen LogP contribution is 2.19. The Morgan fingerprint density at radius 1 is 1.30 bits per heavy atom. The van der Waals surface area contributed by atoms with Gasteiger partial charge >= 0.3 is 0 Å². The van der Waals surface area contributed by atoms with Gasteiger partial charge in [0.05, 0.1) is 12.2 Å². The molecule has 0 aromatic carbocycles. The quantitative estimate of drug-likeness (QED) is 0.673. The summed E-state index contributed by atoms with van der Waals surface area (Å²) in [7, 11) is 1.96. The van der Waals surface area contributed by atoms with Crippen LogP contribution in [0.1, 0.15) is 17.0 Å². The molecular formula is C15H23N7S. The number of aromatic nitrogens is 3. The number of anilines is 1. The third-order valence-electron chi connectivity index (χ3n) is 4.35. The van der Waals surface area contributed by atoms with Gasteiger partial charge in [0.15, 0.2) is 11.1 Å². The lowest BCUT2D eigenvalue weighted by molar-refractivity contribution is 0.380. The number of thiazole rings is 1. The van der Waals surface area contributed by atoms with E-state index in [9.17, 15) is 0 Å². The summed E-state index contributed by atoms with van der Waals surface area (Å²) >= 11 is 1.68. The van der Waals surface area contributed by atoms with Crippen LogP contribution >= 0.6 is 11.3 Å². The van der Waals surface area contributed by atoms with Crippen LogP contribution in [0.5, 0.6) is 0 Å². The second-order valence-electron chi connectivity index (χ2n) is 5.74. The SMILES string of the molecule is Cc1nn(C)c(C)c1CN=C(N)N1CCN(c2nccs2)CC1. The van der Waals surface area contributed by atoms with Gasteiger partial charge in [-0.2, -0.15) is 5.10 Å². The van der Waals surface area contributed by atoms with E-state index in [0.29, 0.717) is 12.5 Å². The number of piperazine rings is 1. The predicted octanol–water partition coefficient (Wildman–Crippen LogP) is 1.13. The maximum atomic E-state index is 6.18. The fourth-order valence-electron chi connectivity index (χ4n) is 2.81. The molecule has 0 bridgehead atoms. The smallest absolute Gasteiger partial charge is 0.191 e. The lowest BCUT2D eigenvalue weighted by Crippen LogP contribution is -2.51. The third-order valence-corrected chi connectivity index (χ3v) is 5.18. The van der Waals surface area contributed by atoms with Crippen LogP contribution in [0.15, 0.2) is 16.6 Å². The van der Waals surface area contributed by atoms with Crippen molar-refractivity contribution in [3.8, 4) is 0 Å². The van der Waals surface area contributed by atoms with Gasteiger partial charge in [0.2, 0.25) is 0 Å². The molecule has 3 rings (SSSR count). The van der Waals surface area contributed by atoms with Gasteiger partial charge in [-0.3, -0.25) is 4.68 Å². The van der Waals surface area contributed by atoms with Crippen molar-refractivity contribution < 1.29 is 0 Å². The molecule has 0 radical (unpaired) electrons. The van der Waals surface area contributed by atoms with Crippen molar-refractivity contribution in [1.29, 1.82) is 0 Å². The first-order valence-electron chi connectivity index (χ1n) is 7.74. The highest BCUT2D eigenvalue weighted by Gasteiger charge is 2.20. The van der Waals surface area contributed by atoms with Gasteiger partial charge in [-0.15, -0.1) is 11.3 Å². The number of nitrogens with zero attached hydrogens (tertiary/aromatic N) is 6. The van der Waals surface area contributed by atoms with Crippen LogP contribution in [0.3, 0.4) is 0 Å². The molecule has 0 amide bonds. The minimum Gasteiger partial charge on any atom is -0.370 e. The van der Waals surface area contributed by atoms with Crippen molar-refractivity contribution in [1.82, 2.24) is 19.7 Å². The Morgan fingerprint density at radius 3 is 2.61 bits per heavy atom. The van der Waals surface area contributed by atoms with Crippen LogP contribution in [-0.2, 0) is 13.6 Å². The molecule has 124 valence electrons. The summed E-state index contributed by atoms with van der Waals surface area (Å²) in [6.45, 7) is 8.27. The average Bonchev–Trinajstić information content (AvgIpc) is 3.16. The number of guanidine groups is 1. The van der Waals surface area contributed by atoms with Gasteiger partial charge in [-0.05, 0) is 13.8 Å². The summed E-state index contributed by atoms with van der Waals surface area (Å²) < 4.78 is 1.89. The molecule has 0 aliphatic carbocycles. The molecule has 2 aromatic rings. The van der Waals surface area contributed by atoms with Crippen LogP contribution in [0.25, 0.3) is 0 Å². The molecule has 3 heterocycles. The van der Waals surface area contributed by atoms with Crippen LogP contribution in [0.4, 0.5) is 5.13 Å². The summed E-state index contributed by atoms with van der Waals surface area (Å²) in [6.07, 6.45) is 1.85. The van der Waals surface area contributed by atoms with Crippen molar-refractivity contribution in [3.63, 3.8) is 0 Å². The molecule has 0 atom stereocenters. The first-order chi connectivity index (χ1) is 11.1. The highest BCUT2D eigenvalue weighted by atomic mass is 32.1. The Labute approximate surface area is 140 Å². The number of nitrogens with two attached hydrogens (primary N) is 1. The maximum absolute atomic E-state index is 6.18. The van der Waals surface area contributed by atoms with Crippen molar-refractivity contribution in [2.24, 2.45) is 17.8 Å². The fourth-order valence-corrected chi connectivity index (χ4v) is 3.50. The zero-order chi connectivity index (χ0) is 16.4. The highest BCUT2D eigenvalue weighted by molar-refractivity contribution is 7.13. The fraction of sp³-hybridized carbons (Fsp3) is 0.533. The van der Waals surface area contributed by atoms with E-state index in [1.807, 2.05) is 30.2 Å². The Hall–Kier alpha value is -2.09. The Morgan fingerprint density at radius 2 is 2.04 bits per heavy atom. The summed E-state index contributed by atoms with van der Waals surface area (Å²) in [5.41, 5.74) is 9.52. The molecule has 0 spiro atoms. The van der Waals surface area contributed by atoms with Gasteiger partial charge in [0, 0.05) is 56.1 Å². The zero-order valence-corrected chi connectivity index (χ0v) is 14.7. The Bertz CT molecular complexity index is 681. The monoisotopic (exact) mass is 333 g/mol. The number of aliphatic imine (C=N–C) groups is 1. The zero-order valence-electron chi connectivity index (χ0n) is 13.9. The predicted molar refractivity (Wildman–Crippen MR) is 93.9 cm³/mol. The minimum atomic E-state index is 0.587. The van der Waals surface area contributed by atoms with Crippen LogP contribution in [-0.4, -0.2) is 51.8 Å². The summed E-state index contributed by atoms with van der Waals surface area (Å²) in [5, 5.41) is 7.51. The van der Waals surface area contributed by atoms with Gasteiger partial charge in [0.25, 0.3) is 0 Å². The Balaban J connectivity index is 1.59. The van der Waals surface area contributed by atoms with E-state index < -0.39 is 0 Å². The second-order valence-corrected chi connectivity index (χ2v) is 6.61. The molecule has 23 heavy (non-hydrogen) atoms. The summed E-state index contributed by atoms with van der Waals surface area (Å²) in [4.78, 5) is 13.4. The molecule has 0 unspecified atom stereocenters. The van der Waals surface area contributed by atoms with E-state index in [1.165, 1.54) is 0 Å². The maximum Gasteiger partial charge on any atom is 0.191 e. The van der Waals surface area contributed by atoms with E-state index in [-0.39, 0.29) is 0 Å². The molecule has 8 heteroatoms. The minimum absolute atomic E-state index is 0.587. The Kier molecular flexibility index (Phi) is 4.51. The molecule has 1 fully saturated rings. The molecule has 7 nitrogen and oxygen atoms in total. The normalized spacial score (nSPS) is 16.2. The largest absolute Gasteiger partial charge is 0.370 e. The summed E-state index contributed by atoms with van der Waals surface area (Å²) in [5.74, 6) is 0.617. The van der Waals surface area contributed by atoms with E-state index in [0.717, 1.165) is 48.3 Å². The first-order valence-corrected chi connectivity index (χ1v) is 8.62. The van der Waals surface area contributed by atoms with E-state index in [2.05, 4.69) is 31.8 Å².